The van der Waals surface area contributed by atoms with Crippen LogP contribution in [-0.2, 0) is 4.79 Å². The molecule has 5 nitrogen and oxygen atoms in total. The van der Waals surface area contributed by atoms with Gasteiger partial charge in [-0.3, -0.25) is 9.79 Å². The molecule has 0 saturated carbocycles. The number of carbonyl (C=O) groups is 1. The third-order valence-electron chi connectivity index (χ3n) is 2.93. The summed E-state index contributed by atoms with van der Waals surface area (Å²) in [5.74, 6) is 0.841. The van der Waals surface area contributed by atoms with Crippen molar-refractivity contribution in [2.75, 3.05) is 26.0 Å². The molecule has 0 aliphatic carbocycles. The summed E-state index contributed by atoms with van der Waals surface area (Å²) in [6.45, 7) is 4.67. The average Bonchev–Trinajstić information content (AvgIpc) is 2.38. The molecule has 20 heavy (non-hydrogen) atoms. The summed E-state index contributed by atoms with van der Waals surface area (Å²) in [6.07, 6.45) is 0.363. The molecule has 1 aromatic carbocycles. The highest BCUT2D eigenvalue weighted by Gasteiger charge is 2.03. The molecule has 0 saturated heterocycles. The molecule has 3 N–H and O–H groups in total. The molecule has 1 rings (SSSR count). The van der Waals surface area contributed by atoms with Crippen LogP contribution >= 0.6 is 0 Å². The first-order valence-electron chi connectivity index (χ1n) is 6.77. The summed E-state index contributed by atoms with van der Waals surface area (Å²) in [4.78, 5) is 17.1. The van der Waals surface area contributed by atoms with Crippen molar-refractivity contribution < 1.29 is 4.79 Å². The van der Waals surface area contributed by atoms with Crippen LogP contribution in [0.25, 0.3) is 0 Å². The van der Waals surface area contributed by atoms with Crippen molar-refractivity contribution in [2.45, 2.75) is 26.2 Å². The van der Waals surface area contributed by atoms with Crippen LogP contribution in [0.3, 0.4) is 0 Å². The summed E-state index contributed by atoms with van der Waals surface area (Å²) < 4.78 is 0. The molecular weight excluding hydrogens is 252 g/mol. The van der Waals surface area contributed by atoms with Crippen molar-refractivity contribution in [1.29, 1.82) is 0 Å². The number of aliphatic imine (C=N–C) groups is 1. The summed E-state index contributed by atoms with van der Waals surface area (Å²) in [7, 11) is 3.45. The molecule has 1 amide bonds. The number of nitrogens with one attached hydrogen (secondary N) is 1. The normalized spacial score (nSPS) is 11.6. The monoisotopic (exact) mass is 276 g/mol. The number of rotatable bonds is 5. The molecule has 0 aliphatic heterocycles. The molecule has 0 aliphatic rings. The van der Waals surface area contributed by atoms with E-state index in [-0.39, 0.29) is 5.91 Å². The summed E-state index contributed by atoms with van der Waals surface area (Å²) in [6, 6.07) is 8.07. The second kappa shape index (κ2) is 7.53. The number of amides is 1. The third-order valence-corrected chi connectivity index (χ3v) is 2.93. The molecule has 0 unspecified atom stereocenters. The van der Waals surface area contributed by atoms with E-state index in [0.29, 0.717) is 24.8 Å². The second-order valence-electron chi connectivity index (χ2n) is 5.21. The maximum Gasteiger partial charge on any atom is 0.223 e. The van der Waals surface area contributed by atoms with Gasteiger partial charge in [0.25, 0.3) is 0 Å². The fraction of sp³-hybridized carbons (Fsp3) is 0.467. The third kappa shape index (κ3) is 5.30. The number of hydrogen-bond donors (Lipinski definition) is 2. The van der Waals surface area contributed by atoms with Gasteiger partial charge in [0.15, 0.2) is 5.96 Å². The molecule has 1 aromatic rings. The van der Waals surface area contributed by atoms with Crippen LogP contribution in [0.1, 0.15) is 31.7 Å². The number of carbonyl (C=O) groups excluding carboxylic acids is 1. The number of hydrogen-bond acceptors (Lipinski definition) is 2. The molecule has 0 fully saturated rings. The Bertz CT molecular complexity index is 481. The predicted molar refractivity (Wildman–Crippen MR) is 84.0 cm³/mol. The first-order chi connectivity index (χ1) is 9.40. The van der Waals surface area contributed by atoms with Gasteiger partial charge < -0.3 is 16.0 Å². The lowest BCUT2D eigenvalue weighted by molar-refractivity contribution is -0.128. The van der Waals surface area contributed by atoms with E-state index in [1.807, 2.05) is 12.1 Å². The lowest BCUT2D eigenvalue weighted by Gasteiger charge is -2.10. The largest absolute Gasteiger partial charge is 0.370 e. The number of nitrogens with zero attached hydrogens (tertiary/aromatic N) is 2. The van der Waals surface area contributed by atoms with Crippen molar-refractivity contribution in [3.63, 3.8) is 0 Å². The zero-order valence-corrected chi connectivity index (χ0v) is 12.7. The molecule has 5 heteroatoms. The van der Waals surface area contributed by atoms with Gasteiger partial charge in [0.2, 0.25) is 5.91 Å². The molecule has 110 valence electrons. The van der Waals surface area contributed by atoms with Crippen LogP contribution in [-0.4, -0.2) is 37.4 Å². The van der Waals surface area contributed by atoms with Gasteiger partial charge >= 0.3 is 0 Å². The number of benzene rings is 1. The Labute approximate surface area is 120 Å². The Morgan fingerprint density at radius 1 is 1.40 bits per heavy atom. The topological polar surface area (TPSA) is 70.7 Å². The van der Waals surface area contributed by atoms with Crippen molar-refractivity contribution >= 4 is 17.6 Å². The smallest absolute Gasteiger partial charge is 0.223 e. The molecule has 0 bridgehead atoms. The van der Waals surface area contributed by atoms with Crippen LogP contribution in [0.5, 0.6) is 0 Å². The highest BCUT2D eigenvalue weighted by molar-refractivity contribution is 5.92. The van der Waals surface area contributed by atoms with Crippen LogP contribution in [0.15, 0.2) is 29.3 Å². The van der Waals surface area contributed by atoms with E-state index in [1.165, 1.54) is 5.56 Å². The van der Waals surface area contributed by atoms with Gasteiger partial charge in [-0.1, -0.05) is 26.0 Å². The number of guanidine groups is 1. The predicted octanol–water partition coefficient (Wildman–Crippen LogP) is 2.01. The Morgan fingerprint density at radius 2 is 2.10 bits per heavy atom. The van der Waals surface area contributed by atoms with Gasteiger partial charge in [0, 0.05) is 26.2 Å². The van der Waals surface area contributed by atoms with Crippen molar-refractivity contribution in [1.82, 2.24) is 4.90 Å². The van der Waals surface area contributed by atoms with E-state index in [4.69, 9.17) is 5.73 Å². The minimum Gasteiger partial charge on any atom is -0.370 e. The standard InChI is InChI=1S/C15H24N4O/c1-11(2)12-6-5-7-13(10-12)18-15(16)17-9-8-14(20)19(3)4/h5-7,10-11H,8-9H2,1-4H3,(H3,16,17,18). The molecule has 0 heterocycles. The fourth-order valence-corrected chi connectivity index (χ4v) is 1.66. The number of anilines is 1. The SMILES string of the molecule is CC(C)c1cccc(NC(N)=NCCC(=O)N(C)C)c1. The zero-order valence-electron chi connectivity index (χ0n) is 12.7. The number of nitrogens with two attached hydrogens (primary N) is 1. The Hall–Kier alpha value is -2.04. The quantitative estimate of drug-likeness (QED) is 0.638. The van der Waals surface area contributed by atoms with Crippen LogP contribution in [0.2, 0.25) is 0 Å². The van der Waals surface area contributed by atoms with Gasteiger partial charge in [-0.25, -0.2) is 0 Å². The van der Waals surface area contributed by atoms with Crippen molar-refractivity contribution in [3.8, 4) is 0 Å². The second-order valence-corrected chi connectivity index (χ2v) is 5.21. The Balaban J connectivity index is 2.55. The summed E-state index contributed by atoms with van der Waals surface area (Å²) in [5, 5.41) is 3.04. The van der Waals surface area contributed by atoms with E-state index >= 15 is 0 Å². The minimum absolute atomic E-state index is 0.0448. The van der Waals surface area contributed by atoms with Crippen LogP contribution in [0, 0.1) is 0 Å². The Kier molecular flexibility index (Phi) is 6.03. The fourth-order valence-electron chi connectivity index (χ4n) is 1.66. The maximum absolute atomic E-state index is 11.4. The van der Waals surface area contributed by atoms with E-state index < -0.39 is 0 Å². The summed E-state index contributed by atoms with van der Waals surface area (Å²) >= 11 is 0. The van der Waals surface area contributed by atoms with Gasteiger partial charge in [-0.2, -0.15) is 0 Å². The minimum atomic E-state index is 0.0448. The maximum atomic E-state index is 11.4. The first-order valence-corrected chi connectivity index (χ1v) is 6.77. The molecule has 0 spiro atoms. The Morgan fingerprint density at radius 3 is 2.70 bits per heavy atom. The van der Waals surface area contributed by atoms with Gasteiger partial charge in [0.1, 0.15) is 0 Å². The highest BCUT2D eigenvalue weighted by Crippen LogP contribution is 2.18. The molecule has 0 aromatic heterocycles. The molecule has 0 radical (unpaired) electrons. The zero-order chi connectivity index (χ0) is 15.1. The molecule has 0 atom stereocenters. The van der Waals surface area contributed by atoms with Crippen LogP contribution in [0.4, 0.5) is 5.69 Å². The highest BCUT2D eigenvalue weighted by atomic mass is 16.2. The summed E-state index contributed by atoms with van der Waals surface area (Å²) in [5.41, 5.74) is 7.96. The van der Waals surface area contributed by atoms with Gasteiger partial charge in [-0.05, 0) is 23.6 Å². The van der Waals surface area contributed by atoms with Gasteiger partial charge in [-0.15, -0.1) is 0 Å². The molecular formula is C15H24N4O. The van der Waals surface area contributed by atoms with E-state index in [0.717, 1.165) is 5.69 Å². The van der Waals surface area contributed by atoms with E-state index in [1.54, 1.807) is 19.0 Å². The average molecular weight is 276 g/mol. The van der Waals surface area contributed by atoms with E-state index in [9.17, 15) is 4.79 Å². The van der Waals surface area contributed by atoms with Crippen molar-refractivity contribution in [3.05, 3.63) is 29.8 Å². The van der Waals surface area contributed by atoms with E-state index in [2.05, 4.69) is 36.3 Å². The van der Waals surface area contributed by atoms with Crippen molar-refractivity contribution in [2.24, 2.45) is 10.7 Å². The van der Waals surface area contributed by atoms with Crippen LogP contribution < -0.4 is 11.1 Å². The first kappa shape index (κ1) is 16.0. The lowest BCUT2D eigenvalue weighted by Crippen LogP contribution is -2.25. The lowest BCUT2D eigenvalue weighted by atomic mass is 10.0. The van der Waals surface area contributed by atoms with Gasteiger partial charge in [0.05, 0.1) is 6.54 Å².